The fourth-order valence-corrected chi connectivity index (χ4v) is 7.94. The van der Waals surface area contributed by atoms with Crippen molar-refractivity contribution in [1.82, 2.24) is 0 Å². The molecule has 0 rings (SSSR count). The van der Waals surface area contributed by atoms with Crippen molar-refractivity contribution in [1.29, 1.82) is 0 Å². The van der Waals surface area contributed by atoms with Gasteiger partial charge in [0.15, 0.2) is 6.10 Å². The van der Waals surface area contributed by atoms with Crippen LogP contribution in [0.4, 0.5) is 0 Å². The molecular weight excluding hydrogens is 985 g/mol. The number of carbonyl (C=O) groups excluding carboxylic acids is 3. The van der Waals surface area contributed by atoms with E-state index in [0.29, 0.717) is 19.3 Å². The maximum Gasteiger partial charge on any atom is 0.306 e. The zero-order valence-electron chi connectivity index (χ0n) is 51.0. The van der Waals surface area contributed by atoms with Crippen LogP contribution in [0.2, 0.25) is 0 Å². The Morgan fingerprint density at radius 3 is 0.825 bits per heavy atom. The predicted molar refractivity (Wildman–Crippen MR) is 348 cm³/mol. The molecule has 0 aliphatic rings. The normalized spacial score (nSPS) is 13.4. The highest BCUT2D eigenvalue weighted by Crippen LogP contribution is 2.13. The molecule has 0 saturated heterocycles. The first-order valence-corrected chi connectivity index (χ1v) is 31.8. The number of esters is 3. The monoisotopic (exact) mass is 1100 g/mol. The number of allylic oxidation sites excluding steroid dienone is 30. The minimum absolute atomic E-state index is 0.114. The van der Waals surface area contributed by atoms with Gasteiger partial charge in [0.1, 0.15) is 13.2 Å². The number of hydrogen-bond acceptors (Lipinski definition) is 6. The van der Waals surface area contributed by atoms with Gasteiger partial charge >= 0.3 is 17.9 Å². The van der Waals surface area contributed by atoms with E-state index in [9.17, 15) is 14.4 Å². The highest BCUT2D eigenvalue weighted by atomic mass is 16.6. The maximum absolute atomic E-state index is 12.9. The second-order valence-electron chi connectivity index (χ2n) is 20.2. The Kier molecular flexibility index (Phi) is 61.5. The van der Waals surface area contributed by atoms with Crippen molar-refractivity contribution in [2.24, 2.45) is 0 Å². The standard InChI is InChI=1S/C74H114O6/c1-4-7-10-13-16-19-22-24-26-28-30-32-34-35-36-37-38-39-41-42-44-46-48-50-52-55-58-61-64-67-73(76)79-70-71(69-78-72(75)66-63-60-57-54-21-18-15-12-9-6-3)80-74(77)68-65-62-59-56-53-51-49-47-45-43-40-33-31-29-27-25-23-20-17-14-11-8-5-2/h7-8,10-12,15-17,19-20,24-27,30-33,35-36,38-39,42-45,48,50,55,58,71H,4-6,9,13-14,18,21-23,28-29,34,37,40-41,46-47,49,51-54,56-57,59-70H2,1-3H3/b10-7-,11-8-,15-12-,19-16-,20-17-,26-24-,27-25-,32-30-,33-31-,36-35-,39-38-,44-42-,45-43-,50-48-,58-55-. The molecule has 0 heterocycles. The van der Waals surface area contributed by atoms with Crippen molar-refractivity contribution < 1.29 is 28.6 Å². The van der Waals surface area contributed by atoms with E-state index in [4.69, 9.17) is 14.2 Å². The van der Waals surface area contributed by atoms with E-state index in [-0.39, 0.29) is 37.5 Å². The summed E-state index contributed by atoms with van der Waals surface area (Å²) in [6.45, 7) is 6.27. The number of carbonyl (C=O) groups is 3. The SMILES string of the molecule is CC/C=C\C/C=C\C/C=C\C/C=C\C/C=C\C/C=C\C/C=C\C/C=C\C/C=C\CCCC(=O)OCC(COC(=O)CCCCCCC/C=C\CCC)OC(=O)CCCCCCCCC/C=C\C/C=C\C/C=C\C/C=C\C/C=C\CC. The van der Waals surface area contributed by atoms with E-state index < -0.39 is 6.10 Å². The molecule has 0 aromatic rings. The molecule has 1 atom stereocenters. The number of rotatable bonds is 55. The number of unbranched alkanes of at least 4 members (excludes halogenated alkanes) is 14. The maximum atomic E-state index is 12.9. The minimum atomic E-state index is -0.822. The van der Waals surface area contributed by atoms with Gasteiger partial charge in [0, 0.05) is 19.3 Å². The van der Waals surface area contributed by atoms with Crippen LogP contribution in [0.5, 0.6) is 0 Å². The summed E-state index contributed by atoms with van der Waals surface area (Å²) in [6.07, 6.45) is 99.1. The van der Waals surface area contributed by atoms with Crippen LogP contribution in [0.3, 0.4) is 0 Å². The van der Waals surface area contributed by atoms with E-state index >= 15 is 0 Å². The van der Waals surface area contributed by atoms with Gasteiger partial charge in [0.05, 0.1) is 0 Å². The Bertz CT molecular complexity index is 1890. The topological polar surface area (TPSA) is 78.9 Å². The molecule has 446 valence electrons. The lowest BCUT2D eigenvalue weighted by Crippen LogP contribution is -2.30. The zero-order valence-corrected chi connectivity index (χ0v) is 51.0. The van der Waals surface area contributed by atoms with Crippen molar-refractivity contribution in [3.05, 3.63) is 182 Å². The van der Waals surface area contributed by atoms with Gasteiger partial charge in [-0.05, 0) is 148 Å². The lowest BCUT2D eigenvalue weighted by atomic mass is 10.1. The van der Waals surface area contributed by atoms with Crippen molar-refractivity contribution in [3.8, 4) is 0 Å². The summed E-state index contributed by atoms with van der Waals surface area (Å²) in [6, 6.07) is 0. The van der Waals surface area contributed by atoms with Crippen LogP contribution in [0.1, 0.15) is 245 Å². The van der Waals surface area contributed by atoms with Crippen LogP contribution in [-0.4, -0.2) is 37.2 Å². The Labute approximate surface area is 491 Å². The highest BCUT2D eigenvalue weighted by molar-refractivity contribution is 5.71. The first-order valence-electron chi connectivity index (χ1n) is 31.8. The minimum Gasteiger partial charge on any atom is -0.462 e. The Morgan fingerprint density at radius 1 is 0.263 bits per heavy atom. The zero-order chi connectivity index (χ0) is 57.8. The van der Waals surface area contributed by atoms with Crippen molar-refractivity contribution in [3.63, 3.8) is 0 Å². The third kappa shape index (κ3) is 63.3. The molecule has 0 spiro atoms. The molecule has 0 saturated carbocycles. The molecule has 0 radical (unpaired) electrons. The smallest absolute Gasteiger partial charge is 0.306 e. The molecule has 0 fully saturated rings. The van der Waals surface area contributed by atoms with Gasteiger partial charge in [-0.2, -0.15) is 0 Å². The van der Waals surface area contributed by atoms with Crippen LogP contribution in [0.15, 0.2) is 182 Å². The molecule has 1 unspecified atom stereocenters. The van der Waals surface area contributed by atoms with Crippen LogP contribution in [0, 0.1) is 0 Å². The summed E-state index contributed by atoms with van der Waals surface area (Å²) in [5, 5.41) is 0. The summed E-state index contributed by atoms with van der Waals surface area (Å²) in [5.74, 6) is -1.01. The van der Waals surface area contributed by atoms with E-state index in [0.717, 1.165) is 167 Å². The van der Waals surface area contributed by atoms with E-state index in [1.807, 2.05) is 0 Å². The highest BCUT2D eigenvalue weighted by Gasteiger charge is 2.19. The van der Waals surface area contributed by atoms with Crippen LogP contribution in [-0.2, 0) is 28.6 Å². The summed E-state index contributed by atoms with van der Waals surface area (Å²) in [4.78, 5) is 38.2. The molecular formula is C74H114O6. The molecule has 6 heteroatoms. The summed E-state index contributed by atoms with van der Waals surface area (Å²) in [5.41, 5.74) is 0. The molecule has 0 aliphatic carbocycles. The molecule has 6 nitrogen and oxygen atoms in total. The van der Waals surface area contributed by atoms with Gasteiger partial charge in [-0.25, -0.2) is 0 Å². The largest absolute Gasteiger partial charge is 0.462 e. The Hall–Kier alpha value is -5.49. The molecule has 0 N–H and O–H groups in total. The van der Waals surface area contributed by atoms with Gasteiger partial charge in [-0.15, -0.1) is 0 Å². The third-order valence-corrected chi connectivity index (χ3v) is 12.6. The summed E-state index contributed by atoms with van der Waals surface area (Å²) >= 11 is 0. The summed E-state index contributed by atoms with van der Waals surface area (Å²) < 4.78 is 16.8. The Balaban J connectivity index is 4.43. The molecule has 80 heavy (non-hydrogen) atoms. The lowest BCUT2D eigenvalue weighted by molar-refractivity contribution is -0.167. The van der Waals surface area contributed by atoms with Crippen LogP contribution in [0.25, 0.3) is 0 Å². The molecule has 0 aromatic heterocycles. The average Bonchev–Trinajstić information content (AvgIpc) is 3.46. The van der Waals surface area contributed by atoms with Gasteiger partial charge in [0.25, 0.3) is 0 Å². The van der Waals surface area contributed by atoms with E-state index in [2.05, 4.69) is 203 Å². The van der Waals surface area contributed by atoms with Crippen molar-refractivity contribution >= 4 is 17.9 Å². The summed E-state index contributed by atoms with van der Waals surface area (Å²) in [7, 11) is 0. The molecule has 0 aliphatic heterocycles. The third-order valence-electron chi connectivity index (χ3n) is 12.6. The first-order chi connectivity index (χ1) is 39.5. The van der Waals surface area contributed by atoms with Gasteiger partial charge < -0.3 is 14.2 Å². The number of ether oxygens (including phenoxy) is 3. The van der Waals surface area contributed by atoms with Gasteiger partial charge in [-0.1, -0.05) is 261 Å². The van der Waals surface area contributed by atoms with E-state index in [1.165, 1.54) is 32.1 Å². The lowest BCUT2D eigenvalue weighted by Gasteiger charge is -2.18. The fourth-order valence-electron chi connectivity index (χ4n) is 7.94. The second kappa shape index (κ2) is 66.0. The second-order valence-corrected chi connectivity index (χ2v) is 20.2. The Morgan fingerprint density at radius 2 is 0.500 bits per heavy atom. The van der Waals surface area contributed by atoms with Crippen molar-refractivity contribution in [2.75, 3.05) is 13.2 Å². The average molecular weight is 1100 g/mol. The molecule has 0 bridgehead atoms. The first kappa shape index (κ1) is 74.5. The van der Waals surface area contributed by atoms with Gasteiger partial charge in [-0.3, -0.25) is 14.4 Å². The molecule has 0 aromatic carbocycles. The van der Waals surface area contributed by atoms with Crippen LogP contribution < -0.4 is 0 Å². The van der Waals surface area contributed by atoms with E-state index in [1.54, 1.807) is 0 Å². The van der Waals surface area contributed by atoms with Crippen LogP contribution >= 0.6 is 0 Å². The predicted octanol–water partition coefficient (Wildman–Crippen LogP) is 22.0. The molecule has 0 amide bonds. The fraction of sp³-hybridized carbons (Fsp3) is 0.554. The quantitative estimate of drug-likeness (QED) is 0.0261. The number of hydrogen-bond donors (Lipinski definition) is 0. The van der Waals surface area contributed by atoms with Crippen molar-refractivity contribution in [2.45, 2.75) is 252 Å². The van der Waals surface area contributed by atoms with Gasteiger partial charge in [0.2, 0.25) is 0 Å².